The Hall–Kier alpha value is -2.73. The molecule has 1 aromatic carbocycles. The van der Waals surface area contributed by atoms with Gasteiger partial charge in [-0.05, 0) is 51.5 Å². The lowest BCUT2D eigenvalue weighted by atomic mass is 10.0. The van der Waals surface area contributed by atoms with Gasteiger partial charge in [0.25, 0.3) is 5.91 Å². The maximum absolute atomic E-state index is 12.8. The van der Waals surface area contributed by atoms with E-state index in [0.717, 1.165) is 53.7 Å². The standard InChI is InChI=1S/C22H27N5O/c1-15-6-5-7-18-19(22(28)25(2)3)12-20(24-21(15)18)16-13-23-27(14-16)17-8-10-26(4)11-9-17/h5-7,12-14,17H,8-11H2,1-4H3. The summed E-state index contributed by atoms with van der Waals surface area (Å²) in [6, 6.07) is 8.31. The van der Waals surface area contributed by atoms with Crippen molar-refractivity contribution in [2.24, 2.45) is 0 Å². The summed E-state index contributed by atoms with van der Waals surface area (Å²) >= 11 is 0. The minimum Gasteiger partial charge on any atom is -0.345 e. The first-order chi connectivity index (χ1) is 13.4. The Balaban J connectivity index is 1.77. The van der Waals surface area contributed by atoms with Crippen LogP contribution in [0, 0.1) is 6.92 Å². The van der Waals surface area contributed by atoms with Gasteiger partial charge >= 0.3 is 0 Å². The summed E-state index contributed by atoms with van der Waals surface area (Å²) in [5.41, 5.74) is 4.37. The number of rotatable bonds is 3. The van der Waals surface area contributed by atoms with Crippen molar-refractivity contribution in [2.75, 3.05) is 34.2 Å². The monoisotopic (exact) mass is 377 g/mol. The summed E-state index contributed by atoms with van der Waals surface area (Å²) in [7, 11) is 5.72. The molecule has 0 spiro atoms. The van der Waals surface area contributed by atoms with Gasteiger partial charge in [0.1, 0.15) is 0 Å². The van der Waals surface area contributed by atoms with Crippen LogP contribution >= 0.6 is 0 Å². The quantitative estimate of drug-likeness (QED) is 0.702. The molecule has 6 nitrogen and oxygen atoms in total. The van der Waals surface area contributed by atoms with E-state index in [-0.39, 0.29) is 5.91 Å². The number of fused-ring (bicyclic) bond motifs is 1. The zero-order chi connectivity index (χ0) is 19.8. The van der Waals surface area contributed by atoms with Crippen LogP contribution in [0.1, 0.15) is 34.8 Å². The highest BCUT2D eigenvalue weighted by atomic mass is 16.2. The van der Waals surface area contributed by atoms with Gasteiger partial charge < -0.3 is 9.80 Å². The number of aryl methyl sites for hydroxylation is 1. The van der Waals surface area contributed by atoms with E-state index >= 15 is 0 Å². The molecule has 0 atom stereocenters. The predicted octanol–water partition coefficient (Wildman–Crippen LogP) is 3.38. The van der Waals surface area contributed by atoms with Gasteiger partial charge in [-0.1, -0.05) is 18.2 Å². The lowest BCUT2D eigenvalue weighted by Crippen LogP contribution is -2.31. The lowest BCUT2D eigenvalue weighted by molar-refractivity contribution is 0.0829. The molecular formula is C22H27N5O. The molecule has 0 unspecified atom stereocenters. The third kappa shape index (κ3) is 3.40. The largest absolute Gasteiger partial charge is 0.345 e. The third-order valence-corrected chi connectivity index (χ3v) is 5.64. The zero-order valence-electron chi connectivity index (χ0n) is 17.0. The Bertz CT molecular complexity index is 1010. The molecule has 1 saturated heterocycles. The molecule has 28 heavy (non-hydrogen) atoms. The van der Waals surface area contributed by atoms with Crippen LogP contribution in [0.25, 0.3) is 22.2 Å². The fourth-order valence-electron chi connectivity index (χ4n) is 3.89. The normalized spacial score (nSPS) is 15.9. The number of pyridine rings is 1. The number of nitrogens with zero attached hydrogens (tertiary/aromatic N) is 5. The Morgan fingerprint density at radius 1 is 1.21 bits per heavy atom. The molecule has 1 aliphatic heterocycles. The summed E-state index contributed by atoms with van der Waals surface area (Å²) in [5, 5.41) is 5.51. The minimum atomic E-state index is -0.0121. The second-order valence-corrected chi connectivity index (χ2v) is 7.97. The van der Waals surface area contributed by atoms with E-state index in [1.165, 1.54) is 0 Å². The van der Waals surface area contributed by atoms with E-state index in [1.807, 2.05) is 37.4 Å². The average Bonchev–Trinajstić information content (AvgIpc) is 3.18. The molecule has 0 N–H and O–H groups in total. The molecule has 3 aromatic rings. The Labute approximate surface area is 165 Å². The molecule has 2 aromatic heterocycles. The van der Waals surface area contributed by atoms with E-state index in [4.69, 9.17) is 4.98 Å². The first-order valence-electron chi connectivity index (χ1n) is 9.79. The minimum absolute atomic E-state index is 0.0121. The van der Waals surface area contributed by atoms with Gasteiger partial charge in [0, 0.05) is 31.2 Å². The highest BCUT2D eigenvalue weighted by Gasteiger charge is 2.21. The van der Waals surface area contributed by atoms with Crippen molar-refractivity contribution in [3.05, 3.63) is 47.8 Å². The molecule has 4 rings (SSSR count). The van der Waals surface area contributed by atoms with Gasteiger partial charge in [-0.3, -0.25) is 9.48 Å². The van der Waals surface area contributed by atoms with Crippen LogP contribution in [-0.2, 0) is 0 Å². The van der Waals surface area contributed by atoms with Crippen molar-refractivity contribution in [2.45, 2.75) is 25.8 Å². The van der Waals surface area contributed by atoms with Gasteiger partial charge in [0.2, 0.25) is 0 Å². The van der Waals surface area contributed by atoms with Gasteiger partial charge in [-0.2, -0.15) is 5.10 Å². The molecule has 3 heterocycles. The molecule has 1 fully saturated rings. The van der Waals surface area contributed by atoms with Crippen molar-refractivity contribution in [3.8, 4) is 11.3 Å². The van der Waals surface area contributed by atoms with Crippen LogP contribution in [0.2, 0.25) is 0 Å². The smallest absolute Gasteiger partial charge is 0.254 e. The third-order valence-electron chi connectivity index (χ3n) is 5.64. The molecule has 0 radical (unpaired) electrons. The topological polar surface area (TPSA) is 54.3 Å². The summed E-state index contributed by atoms with van der Waals surface area (Å²) in [5.74, 6) is -0.0121. The Morgan fingerprint density at radius 3 is 2.68 bits per heavy atom. The number of hydrogen-bond acceptors (Lipinski definition) is 4. The fourth-order valence-corrected chi connectivity index (χ4v) is 3.89. The van der Waals surface area contributed by atoms with Gasteiger partial charge in [-0.25, -0.2) is 4.98 Å². The number of aromatic nitrogens is 3. The first-order valence-corrected chi connectivity index (χ1v) is 9.79. The van der Waals surface area contributed by atoms with E-state index in [9.17, 15) is 4.79 Å². The Morgan fingerprint density at radius 2 is 1.96 bits per heavy atom. The first kappa shape index (κ1) is 18.6. The number of piperidine rings is 1. The number of benzene rings is 1. The summed E-state index contributed by atoms with van der Waals surface area (Å²) in [6.45, 7) is 4.22. The molecule has 0 aliphatic carbocycles. The van der Waals surface area contributed by atoms with Crippen molar-refractivity contribution < 1.29 is 4.79 Å². The summed E-state index contributed by atoms with van der Waals surface area (Å²) < 4.78 is 2.07. The lowest BCUT2D eigenvalue weighted by Gasteiger charge is -2.28. The number of carbonyl (C=O) groups is 1. The van der Waals surface area contributed by atoms with Crippen LogP contribution in [-0.4, -0.2) is 64.7 Å². The molecule has 0 bridgehead atoms. The maximum atomic E-state index is 12.8. The number of hydrogen-bond donors (Lipinski definition) is 0. The van der Waals surface area contributed by atoms with Gasteiger partial charge in [-0.15, -0.1) is 0 Å². The van der Waals surface area contributed by atoms with Crippen LogP contribution in [0.4, 0.5) is 0 Å². The van der Waals surface area contributed by atoms with Gasteiger partial charge in [0.15, 0.2) is 0 Å². The predicted molar refractivity (Wildman–Crippen MR) is 111 cm³/mol. The van der Waals surface area contributed by atoms with Crippen LogP contribution in [0.15, 0.2) is 36.7 Å². The zero-order valence-corrected chi connectivity index (χ0v) is 17.0. The van der Waals surface area contributed by atoms with Crippen LogP contribution in [0.5, 0.6) is 0 Å². The van der Waals surface area contributed by atoms with Crippen molar-refractivity contribution in [1.29, 1.82) is 0 Å². The molecule has 6 heteroatoms. The molecular weight excluding hydrogens is 350 g/mol. The number of amides is 1. The average molecular weight is 377 g/mol. The number of carbonyl (C=O) groups excluding carboxylic acids is 1. The van der Waals surface area contributed by atoms with E-state index in [2.05, 4.69) is 27.9 Å². The maximum Gasteiger partial charge on any atom is 0.254 e. The van der Waals surface area contributed by atoms with Gasteiger partial charge in [0.05, 0.1) is 29.0 Å². The van der Waals surface area contributed by atoms with Crippen molar-refractivity contribution in [3.63, 3.8) is 0 Å². The number of para-hydroxylation sites is 1. The second kappa shape index (κ2) is 7.36. The highest BCUT2D eigenvalue weighted by Crippen LogP contribution is 2.29. The van der Waals surface area contributed by atoms with E-state index < -0.39 is 0 Å². The van der Waals surface area contributed by atoms with E-state index in [0.29, 0.717) is 11.6 Å². The highest BCUT2D eigenvalue weighted by molar-refractivity contribution is 6.07. The molecule has 0 saturated carbocycles. The summed E-state index contributed by atoms with van der Waals surface area (Å²) in [4.78, 5) is 21.7. The molecule has 146 valence electrons. The fraction of sp³-hybridized carbons (Fsp3) is 0.409. The number of likely N-dealkylation sites (tertiary alicyclic amines) is 1. The molecule has 1 aliphatic rings. The van der Waals surface area contributed by atoms with Crippen molar-refractivity contribution in [1.82, 2.24) is 24.6 Å². The SMILES string of the molecule is Cc1cccc2c(C(=O)N(C)C)cc(-c3cnn(C4CCN(C)CC4)c3)nc12. The van der Waals surface area contributed by atoms with Crippen LogP contribution in [0.3, 0.4) is 0 Å². The van der Waals surface area contributed by atoms with Crippen LogP contribution < -0.4 is 0 Å². The Kier molecular flexibility index (Phi) is 4.89. The summed E-state index contributed by atoms with van der Waals surface area (Å²) in [6.07, 6.45) is 6.15. The molecule has 1 amide bonds. The van der Waals surface area contributed by atoms with E-state index in [1.54, 1.807) is 19.0 Å². The van der Waals surface area contributed by atoms with Crippen molar-refractivity contribution >= 4 is 16.8 Å². The second-order valence-electron chi connectivity index (χ2n) is 7.97.